The molecule has 4 N–H and O–H groups in total. The predicted octanol–water partition coefficient (Wildman–Crippen LogP) is 2.39. The van der Waals surface area contributed by atoms with E-state index in [0.717, 1.165) is 4.47 Å². The lowest BCUT2D eigenvalue weighted by molar-refractivity contribution is 0.102. The third-order valence-electron chi connectivity index (χ3n) is 2.61. The lowest BCUT2D eigenvalue weighted by Gasteiger charge is -2.11. The standard InChI is InChI=1S/C13H13BrN4O2/c1-20-8-4-5-10(14)11(7-8)17-13(19)9-3-2-6-16-12(9)18-15/h2-7H,15H2,1H3,(H,16,18)(H,17,19). The first-order valence-corrected chi connectivity index (χ1v) is 6.51. The predicted molar refractivity (Wildman–Crippen MR) is 80.7 cm³/mol. The molecule has 1 heterocycles. The van der Waals surface area contributed by atoms with Crippen molar-refractivity contribution < 1.29 is 9.53 Å². The van der Waals surface area contributed by atoms with Crippen LogP contribution in [0.25, 0.3) is 0 Å². The van der Waals surface area contributed by atoms with E-state index in [4.69, 9.17) is 10.6 Å². The molecule has 20 heavy (non-hydrogen) atoms. The Balaban J connectivity index is 2.27. The maximum atomic E-state index is 12.2. The van der Waals surface area contributed by atoms with Crippen molar-refractivity contribution in [3.8, 4) is 5.75 Å². The summed E-state index contributed by atoms with van der Waals surface area (Å²) in [5.41, 5.74) is 3.34. The molecular weight excluding hydrogens is 324 g/mol. The first-order valence-electron chi connectivity index (χ1n) is 5.72. The van der Waals surface area contributed by atoms with E-state index in [2.05, 4.69) is 31.7 Å². The number of benzene rings is 1. The first-order chi connectivity index (χ1) is 9.65. The highest BCUT2D eigenvalue weighted by Crippen LogP contribution is 2.27. The van der Waals surface area contributed by atoms with Crippen molar-refractivity contribution in [2.45, 2.75) is 0 Å². The average molecular weight is 337 g/mol. The van der Waals surface area contributed by atoms with E-state index in [1.54, 1.807) is 43.6 Å². The van der Waals surface area contributed by atoms with Crippen LogP contribution in [0.4, 0.5) is 11.5 Å². The molecule has 2 aromatic rings. The molecule has 0 spiro atoms. The summed E-state index contributed by atoms with van der Waals surface area (Å²) in [6.07, 6.45) is 1.55. The number of hydrogen-bond acceptors (Lipinski definition) is 5. The fraction of sp³-hybridized carbons (Fsp3) is 0.0769. The van der Waals surface area contributed by atoms with Crippen LogP contribution in [0.5, 0.6) is 5.75 Å². The minimum absolute atomic E-state index is 0.309. The Kier molecular flexibility index (Phi) is 4.54. The monoisotopic (exact) mass is 336 g/mol. The van der Waals surface area contributed by atoms with Crippen LogP contribution in [-0.4, -0.2) is 18.0 Å². The molecule has 104 valence electrons. The molecule has 0 bridgehead atoms. The number of methoxy groups -OCH3 is 1. The van der Waals surface area contributed by atoms with Crippen LogP contribution in [0.2, 0.25) is 0 Å². The van der Waals surface area contributed by atoms with Crippen molar-refractivity contribution in [2.24, 2.45) is 5.84 Å². The summed E-state index contributed by atoms with van der Waals surface area (Å²) >= 11 is 3.37. The second-order valence-corrected chi connectivity index (χ2v) is 4.70. The zero-order valence-electron chi connectivity index (χ0n) is 10.7. The van der Waals surface area contributed by atoms with Crippen molar-refractivity contribution in [1.29, 1.82) is 0 Å². The summed E-state index contributed by atoms with van der Waals surface area (Å²) in [6, 6.07) is 8.59. The summed E-state index contributed by atoms with van der Waals surface area (Å²) in [7, 11) is 1.56. The number of carbonyl (C=O) groups excluding carboxylic acids is 1. The Morgan fingerprint density at radius 3 is 2.90 bits per heavy atom. The summed E-state index contributed by atoms with van der Waals surface area (Å²) in [6.45, 7) is 0. The van der Waals surface area contributed by atoms with Crippen LogP contribution in [0.1, 0.15) is 10.4 Å². The van der Waals surface area contributed by atoms with E-state index in [1.165, 1.54) is 0 Å². The zero-order chi connectivity index (χ0) is 14.5. The number of anilines is 2. The molecule has 1 amide bonds. The topological polar surface area (TPSA) is 89.3 Å². The molecular formula is C13H13BrN4O2. The van der Waals surface area contributed by atoms with Crippen LogP contribution < -0.4 is 21.3 Å². The Labute approximate surface area is 124 Å². The maximum absolute atomic E-state index is 12.2. The van der Waals surface area contributed by atoms with Crippen LogP contribution in [0.3, 0.4) is 0 Å². The van der Waals surface area contributed by atoms with Gasteiger partial charge in [0, 0.05) is 16.7 Å². The molecule has 1 aromatic carbocycles. The maximum Gasteiger partial charge on any atom is 0.259 e. The van der Waals surface area contributed by atoms with Gasteiger partial charge in [-0.25, -0.2) is 10.8 Å². The molecule has 0 aliphatic heterocycles. The number of hydrazine groups is 1. The summed E-state index contributed by atoms with van der Waals surface area (Å²) in [5.74, 6) is 5.97. The molecule has 0 saturated carbocycles. The van der Waals surface area contributed by atoms with Gasteiger partial charge in [-0.1, -0.05) is 0 Å². The van der Waals surface area contributed by atoms with Crippen LogP contribution in [0.15, 0.2) is 41.0 Å². The largest absolute Gasteiger partial charge is 0.497 e. The van der Waals surface area contributed by atoms with Gasteiger partial charge in [0.15, 0.2) is 5.82 Å². The molecule has 6 nitrogen and oxygen atoms in total. The van der Waals surface area contributed by atoms with Gasteiger partial charge in [0.2, 0.25) is 0 Å². The normalized spacial score (nSPS) is 9.95. The Hall–Kier alpha value is -2.12. The summed E-state index contributed by atoms with van der Waals surface area (Å²) < 4.78 is 5.87. The molecule has 1 aromatic heterocycles. The fourth-order valence-electron chi connectivity index (χ4n) is 1.62. The fourth-order valence-corrected chi connectivity index (χ4v) is 1.97. The van der Waals surface area contributed by atoms with E-state index in [-0.39, 0.29) is 5.91 Å². The van der Waals surface area contributed by atoms with Gasteiger partial charge in [0.25, 0.3) is 5.91 Å². The Morgan fingerprint density at radius 1 is 1.40 bits per heavy atom. The van der Waals surface area contributed by atoms with Crippen LogP contribution >= 0.6 is 15.9 Å². The van der Waals surface area contributed by atoms with Crippen molar-refractivity contribution in [3.05, 3.63) is 46.6 Å². The van der Waals surface area contributed by atoms with E-state index in [0.29, 0.717) is 22.8 Å². The Morgan fingerprint density at radius 2 is 2.20 bits per heavy atom. The molecule has 0 unspecified atom stereocenters. The van der Waals surface area contributed by atoms with E-state index >= 15 is 0 Å². The number of pyridine rings is 1. The van der Waals surface area contributed by atoms with Crippen molar-refractivity contribution in [2.75, 3.05) is 17.9 Å². The van der Waals surface area contributed by atoms with Gasteiger partial charge in [-0.05, 0) is 40.2 Å². The second kappa shape index (κ2) is 6.36. The number of aromatic nitrogens is 1. The highest BCUT2D eigenvalue weighted by Gasteiger charge is 2.13. The van der Waals surface area contributed by atoms with Crippen molar-refractivity contribution in [1.82, 2.24) is 4.98 Å². The molecule has 2 rings (SSSR count). The number of carbonyl (C=O) groups is 1. The van der Waals surface area contributed by atoms with E-state index in [9.17, 15) is 4.79 Å². The van der Waals surface area contributed by atoms with Gasteiger partial charge in [0.05, 0.1) is 18.4 Å². The number of nitrogens with two attached hydrogens (primary N) is 1. The molecule has 0 aliphatic carbocycles. The number of ether oxygens (including phenoxy) is 1. The van der Waals surface area contributed by atoms with Gasteiger partial charge < -0.3 is 15.5 Å². The summed E-state index contributed by atoms with van der Waals surface area (Å²) in [4.78, 5) is 16.2. The van der Waals surface area contributed by atoms with Gasteiger partial charge in [-0.2, -0.15) is 0 Å². The van der Waals surface area contributed by atoms with Crippen molar-refractivity contribution in [3.63, 3.8) is 0 Å². The second-order valence-electron chi connectivity index (χ2n) is 3.84. The number of nitrogens with zero attached hydrogens (tertiary/aromatic N) is 1. The molecule has 0 aliphatic rings. The molecule has 0 radical (unpaired) electrons. The van der Waals surface area contributed by atoms with Crippen LogP contribution in [0, 0.1) is 0 Å². The lowest BCUT2D eigenvalue weighted by atomic mass is 10.2. The molecule has 7 heteroatoms. The molecule has 0 saturated heterocycles. The van der Waals surface area contributed by atoms with Gasteiger partial charge in [-0.15, -0.1) is 0 Å². The highest BCUT2D eigenvalue weighted by molar-refractivity contribution is 9.10. The molecule has 0 fully saturated rings. The van der Waals surface area contributed by atoms with Gasteiger partial charge in [0.1, 0.15) is 5.75 Å². The van der Waals surface area contributed by atoms with E-state index in [1.807, 2.05) is 0 Å². The van der Waals surface area contributed by atoms with Gasteiger partial charge >= 0.3 is 0 Å². The third-order valence-corrected chi connectivity index (χ3v) is 3.30. The minimum Gasteiger partial charge on any atom is -0.497 e. The minimum atomic E-state index is -0.319. The Bertz CT molecular complexity index is 634. The highest BCUT2D eigenvalue weighted by atomic mass is 79.9. The summed E-state index contributed by atoms with van der Waals surface area (Å²) in [5, 5.41) is 2.77. The number of hydrogen-bond donors (Lipinski definition) is 3. The van der Waals surface area contributed by atoms with Crippen LogP contribution in [-0.2, 0) is 0 Å². The first kappa shape index (κ1) is 14.3. The van der Waals surface area contributed by atoms with Crippen molar-refractivity contribution >= 4 is 33.3 Å². The SMILES string of the molecule is COc1ccc(Br)c(NC(=O)c2cccnc2NN)c1. The number of nitrogen functional groups attached to an aromatic ring is 1. The number of amides is 1. The van der Waals surface area contributed by atoms with Gasteiger partial charge in [-0.3, -0.25) is 4.79 Å². The smallest absolute Gasteiger partial charge is 0.259 e. The quantitative estimate of drug-likeness (QED) is 0.589. The zero-order valence-corrected chi connectivity index (χ0v) is 12.3. The number of nitrogens with one attached hydrogen (secondary N) is 2. The number of rotatable bonds is 4. The molecule has 0 atom stereocenters. The third kappa shape index (κ3) is 3.06. The average Bonchev–Trinajstić information content (AvgIpc) is 2.49. The number of halogens is 1. The van der Waals surface area contributed by atoms with E-state index < -0.39 is 0 Å². The lowest BCUT2D eigenvalue weighted by Crippen LogP contribution is -2.18.